The Bertz CT molecular complexity index is 375. The first kappa shape index (κ1) is 13.1. The molecule has 0 N–H and O–H groups in total. The van der Waals surface area contributed by atoms with E-state index in [2.05, 4.69) is 40.7 Å². The predicted molar refractivity (Wildman–Crippen MR) is 72.1 cm³/mol. The molecule has 100 valence electrons. The number of piperazine rings is 1. The Kier molecular flexibility index (Phi) is 4.36. The van der Waals surface area contributed by atoms with Gasteiger partial charge >= 0.3 is 0 Å². The molecule has 2 heterocycles. The highest BCUT2D eigenvalue weighted by Crippen LogP contribution is 2.14. The summed E-state index contributed by atoms with van der Waals surface area (Å²) >= 11 is 0. The van der Waals surface area contributed by atoms with Crippen LogP contribution in [0.4, 0.5) is 5.95 Å². The molecule has 2 rings (SSSR count). The van der Waals surface area contributed by atoms with Crippen molar-refractivity contribution in [1.29, 1.82) is 0 Å². The first-order chi connectivity index (χ1) is 8.65. The van der Waals surface area contributed by atoms with E-state index in [1.165, 1.54) is 0 Å². The minimum atomic E-state index is 0.507. The second-order valence-electron chi connectivity index (χ2n) is 5.19. The fourth-order valence-corrected chi connectivity index (χ4v) is 1.82. The van der Waals surface area contributed by atoms with Gasteiger partial charge in [-0.15, -0.1) is 0 Å². The Morgan fingerprint density at radius 1 is 1.28 bits per heavy atom. The van der Waals surface area contributed by atoms with E-state index >= 15 is 0 Å². The van der Waals surface area contributed by atoms with Crippen LogP contribution in [0.25, 0.3) is 0 Å². The monoisotopic (exact) mass is 250 g/mol. The maximum absolute atomic E-state index is 5.63. The van der Waals surface area contributed by atoms with Gasteiger partial charge < -0.3 is 14.5 Å². The van der Waals surface area contributed by atoms with Crippen molar-refractivity contribution < 1.29 is 4.74 Å². The van der Waals surface area contributed by atoms with Gasteiger partial charge in [0.1, 0.15) is 0 Å². The second kappa shape index (κ2) is 6.00. The lowest BCUT2D eigenvalue weighted by atomic mass is 10.2. The molecule has 0 unspecified atom stereocenters. The molecule has 0 saturated carbocycles. The van der Waals surface area contributed by atoms with Crippen LogP contribution in [0, 0.1) is 5.92 Å². The van der Waals surface area contributed by atoms with Crippen LogP contribution >= 0.6 is 0 Å². The summed E-state index contributed by atoms with van der Waals surface area (Å²) in [6, 6.07) is 1.82. The Morgan fingerprint density at radius 3 is 2.67 bits per heavy atom. The molecule has 0 amide bonds. The molecule has 0 spiro atoms. The van der Waals surface area contributed by atoms with E-state index < -0.39 is 0 Å². The largest absolute Gasteiger partial charge is 0.477 e. The Hall–Kier alpha value is -1.36. The lowest BCUT2D eigenvalue weighted by Crippen LogP contribution is -2.45. The van der Waals surface area contributed by atoms with Gasteiger partial charge in [0.2, 0.25) is 11.8 Å². The van der Waals surface area contributed by atoms with Crippen LogP contribution in [-0.2, 0) is 0 Å². The van der Waals surface area contributed by atoms with Crippen molar-refractivity contribution in [1.82, 2.24) is 14.9 Å². The van der Waals surface area contributed by atoms with E-state index in [0.29, 0.717) is 18.4 Å². The van der Waals surface area contributed by atoms with Crippen LogP contribution in [0.1, 0.15) is 13.8 Å². The molecule has 1 aromatic rings. The molecular formula is C13H22N4O. The lowest BCUT2D eigenvalue weighted by molar-refractivity contribution is 0.260. The van der Waals surface area contributed by atoms with Crippen molar-refractivity contribution in [3.63, 3.8) is 0 Å². The predicted octanol–water partition coefficient (Wildman–Crippen LogP) is 1.26. The molecule has 1 aromatic heterocycles. The summed E-state index contributed by atoms with van der Waals surface area (Å²) < 4.78 is 5.63. The van der Waals surface area contributed by atoms with Gasteiger partial charge in [0, 0.05) is 38.4 Å². The average molecular weight is 250 g/mol. The number of aromatic nitrogens is 2. The Balaban J connectivity index is 1.98. The fourth-order valence-electron chi connectivity index (χ4n) is 1.82. The van der Waals surface area contributed by atoms with E-state index in [9.17, 15) is 0 Å². The lowest BCUT2D eigenvalue weighted by Gasteiger charge is -2.32. The molecule has 0 bridgehead atoms. The number of hydrogen-bond donors (Lipinski definition) is 0. The molecular weight excluding hydrogens is 228 g/mol. The van der Waals surface area contributed by atoms with E-state index in [0.717, 1.165) is 32.1 Å². The van der Waals surface area contributed by atoms with E-state index in [-0.39, 0.29) is 0 Å². The van der Waals surface area contributed by atoms with E-state index in [1.807, 2.05) is 6.07 Å². The number of hydrogen-bond acceptors (Lipinski definition) is 5. The Labute approximate surface area is 109 Å². The molecule has 18 heavy (non-hydrogen) atoms. The molecule has 0 atom stereocenters. The Morgan fingerprint density at radius 2 is 2.00 bits per heavy atom. The summed E-state index contributed by atoms with van der Waals surface area (Å²) in [5.41, 5.74) is 0. The number of ether oxygens (including phenoxy) is 1. The van der Waals surface area contributed by atoms with Crippen molar-refractivity contribution in [2.45, 2.75) is 13.8 Å². The van der Waals surface area contributed by atoms with Gasteiger partial charge in [0.25, 0.3) is 0 Å². The van der Waals surface area contributed by atoms with Crippen LogP contribution in [0.2, 0.25) is 0 Å². The highest BCUT2D eigenvalue weighted by atomic mass is 16.5. The molecule has 0 aromatic carbocycles. The van der Waals surface area contributed by atoms with Crippen LogP contribution in [0.15, 0.2) is 12.3 Å². The van der Waals surface area contributed by atoms with Gasteiger partial charge in [0.15, 0.2) is 0 Å². The number of rotatable bonds is 4. The fraction of sp³-hybridized carbons (Fsp3) is 0.692. The molecule has 0 radical (unpaired) electrons. The SMILES string of the molecule is CC(C)COc1ccnc(N2CCN(C)CC2)n1. The minimum Gasteiger partial charge on any atom is -0.477 e. The third-order valence-electron chi connectivity index (χ3n) is 2.97. The summed E-state index contributed by atoms with van der Waals surface area (Å²) in [6.45, 7) is 9.01. The van der Waals surface area contributed by atoms with Gasteiger partial charge in [0.05, 0.1) is 6.61 Å². The third-order valence-corrected chi connectivity index (χ3v) is 2.97. The quantitative estimate of drug-likeness (QED) is 0.805. The first-order valence-electron chi connectivity index (χ1n) is 6.54. The van der Waals surface area contributed by atoms with Crippen LogP contribution < -0.4 is 9.64 Å². The van der Waals surface area contributed by atoms with Crippen molar-refractivity contribution in [2.24, 2.45) is 5.92 Å². The summed E-state index contributed by atoms with van der Waals surface area (Å²) in [7, 11) is 2.14. The van der Waals surface area contributed by atoms with Crippen molar-refractivity contribution in [3.8, 4) is 5.88 Å². The van der Waals surface area contributed by atoms with E-state index in [1.54, 1.807) is 6.20 Å². The maximum Gasteiger partial charge on any atom is 0.228 e. The summed E-state index contributed by atoms with van der Waals surface area (Å²) in [5, 5.41) is 0. The van der Waals surface area contributed by atoms with Crippen molar-refractivity contribution >= 4 is 5.95 Å². The molecule has 1 aliphatic heterocycles. The zero-order chi connectivity index (χ0) is 13.0. The average Bonchev–Trinajstić information content (AvgIpc) is 2.37. The van der Waals surface area contributed by atoms with Crippen molar-refractivity contribution in [2.75, 3.05) is 44.7 Å². The summed E-state index contributed by atoms with van der Waals surface area (Å²) in [4.78, 5) is 13.3. The molecule has 5 nitrogen and oxygen atoms in total. The molecule has 1 fully saturated rings. The topological polar surface area (TPSA) is 41.5 Å². The zero-order valence-electron chi connectivity index (χ0n) is 11.5. The zero-order valence-corrected chi connectivity index (χ0v) is 11.5. The summed E-state index contributed by atoms with van der Waals surface area (Å²) in [6.07, 6.45) is 1.77. The highest BCUT2D eigenvalue weighted by Gasteiger charge is 2.16. The normalized spacial score (nSPS) is 17.2. The van der Waals surface area contributed by atoms with Gasteiger partial charge in [-0.3, -0.25) is 0 Å². The molecule has 1 aliphatic rings. The van der Waals surface area contributed by atoms with Gasteiger partial charge in [-0.1, -0.05) is 13.8 Å². The van der Waals surface area contributed by atoms with Crippen LogP contribution in [-0.4, -0.2) is 54.7 Å². The smallest absolute Gasteiger partial charge is 0.228 e. The molecule has 1 saturated heterocycles. The molecule has 0 aliphatic carbocycles. The number of likely N-dealkylation sites (N-methyl/N-ethyl adjacent to an activating group) is 1. The first-order valence-corrected chi connectivity index (χ1v) is 6.54. The van der Waals surface area contributed by atoms with Crippen LogP contribution in [0.5, 0.6) is 5.88 Å². The summed E-state index contributed by atoms with van der Waals surface area (Å²) in [5.74, 6) is 1.96. The van der Waals surface area contributed by atoms with Gasteiger partial charge in [-0.2, -0.15) is 4.98 Å². The molecule has 5 heteroatoms. The maximum atomic E-state index is 5.63. The second-order valence-corrected chi connectivity index (χ2v) is 5.19. The van der Waals surface area contributed by atoms with E-state index in [4.69, 9.17) is 4.74 Å². The number of anilines is 1. The highest BCUT2D eigenvalue weighted by molar-refractivity contribution is 5.32. The van der Waals surface area contributed by atoms with Crippen molar-refractivity contribution in [3.05, 3.63) is 12.3 Å². The van der Waals surface area contributed by atoms with Gasteiger partial charge in [-0.05, 0) is 13.0 Å². The minimum absolute atomic E-state index is 0.507. The van der Waals surface area contributed by atoms with Gasteiger partial charge in [-0.25, -0.2) is 4.98 Å². The number of nitrogens with zero attached hydrogens (tertiary/aromatic N) is 4. The van der Waals surface area contributed by atoms with Crippen LogP contribution in [0.3, 0.4) is 0 Å². The third kappa shape index (κ3) is 3.57. The standard InChI is InChI=1S/C13H22N4O/c1-11(2)10-18-12-4-5-14-13(15-12)17-8-6-16(3)7-9-17/h4-5,11H,6-10H2,1-3H3.